The molecule has 0 saturated carbocycles. The molecule has 3 heteroatoms. The molecule has 1 aromatic heterocycles. The summed E-state index contributed by atoms with van der Waals surface area (Å²) in [6.07, 6.45) is 2.02. The monoisotopic (exact) mass is 261 g/mol. The zero-order valence-corrected chi connectivity index (χ0v) is 10.8. The second-order valence-corrected chi connectivity index (χ2v) is 4.97. The van der Waals surface area contributed by atoms with Crippen LogP contribution in [0.25, 0.3) is 22.0 Å². The van der Waals surface area contributed by atoms with Crippen molar-refractivity contribution >= 4 is 16.6 Å². The minimum Gasteiger partial charge on any atom is -0.288 e. The van der Waals surface area contributed by atoms with E-state index in [0.29, 0.717) is 6.67 Å². The van der Waals surface area contributed by atoms with Gasteiger partial charge in [-0.05, 0) is 12.1 Å². The highest BCUT2D eigenvalue weighted by Gasteiger charge is 2.35. The van der Waals surface area contributed by atoms with Crippen molar-refractivity contribution < 1.29 is 9.36 Å². The van der Waals surface area contributed by atoms with Crippen LogP contribution in [0.1, 0.15) is 15.9 Å². The highest BCUT2D eigenvalue weighted by molar-refractivity contribution is 6.25. The van der Waals surface area contributed by atoms with Crippen molar-refractivity contribution in [3.8, 4) is 11.3 Å². The maximum absolute atomic E-state index is 12.7. The van der Waals surface area contributed by atoms with Gasteiger partial charge in [-0.2, -0.15) is 4.57 Å². The fraction of sp³-hybridized carbons (Fsp3) is 0.0588. The molecule has 2 N–H and O–H groups in total. The Kier molecular flexibility index (Phi) is 2.26. The summed E-state index contributed by atoms with van der Waals surface area (Å²) in [7, 11) is 0. The molecule has 2 aromatic carbocycles. The second-order valence-electron chi connectivity index (χ2n) is 4.97. The molecule has 4 rings (SSSR count). The number of hydrogen-bond acceptors (Lipinski definition) is 2. The molecule has 20 heavy (non-hydrogen) atoms. The van der Waals surface area contributed by atoms with Crippen LogP contribution in [0.15, 0.2) is 54.7 Å². The Labute approximate surface area is 116 Å². The number of hydrogen-bond donors (Lipinski definition) is 1. The quantitative estimate of drug-likeness (QED) is 0.534. The Hall–Kier alpha value is -2.52. The van der Waals surface area contributed by atoms with Gasteiger partial charge in [0.05, 0.1) is 5.56 Å². The molecular formula is C17H13N2O+. The molecule has 0 unspecified atom stereocenters. The van der Waals surface area contributed by atoms with Gasteiger partial charge < -0.3 is 0 Å². The molecule has 0 spiro atoms. The van der Waals surface area contributed by atoms with Crippen LogP contribution < -0.4 is 10.3 Å². The highest BCUT2D eigenvalue weighted by Crippen LogP contribution is 2.37. The van der Waals surface area contributed by atoms with Crippen LogP contribution in [-0.4, -0.2) is 5.78 Å². The number of nitrogens with two attached hydrogens (primary N) is 1. The molecule has 0 fully saturated rings. The van der Waals surface area contributed by atoms with Crippen molar-refractivity contribution in [2.75, 3.05) is 0 Å². The molecule has 0 aliphatic heterocycles. The van der Waals surface area contributed by atoms with Gasteiger partial charge in [0.1, 0.15) is 5.56 Å². The lowest BCUT2D eigenvalue weighted by molar-refractivity contribution is -0.684. The molecule has 0 atom stereocenters. The third kappa shape index (κ3) is 1.33. The van der Waals surface area contributed by atoms with Gasteiger partial charge in [0.25, 0.3) is 0 Å². The molecule has 3 aromatic rings. The third-order valence-corrected chi connectivity index (χ3v) is 3.90. The topological polar surface area (TPSA) is 47.0 Å². The molecular weight excluding hydrogens is 248 g/mol. The van der Waals surface area contributed by atoms with Crippen molar-refractivity contribution in [1.82, 2.24) is 0 Å². The number of rotatable bonds is 1. The zero-order valence-electron chi connectivity index (χ0n) is 10.8. The summed E-state index contributed by atoms with van der Waals surface area (Å²) in [5, 5.41) is 2.03. The van der Waals surface area contributed by atoms with Crippen molar-refractivity contribution in [2.45, 2.75) is 6.67 Å². The van der Waals surface area contributed by atoms with Crippen LogP contribution in [-0.2, 0) is 6.67 Å². The Morgan fingerprint density at radius 1 is 0.950 bits per heavy atom. The fourth-order valence-electron chi connectivity index (χ4n) is 3.03. The lowest BCUT2D eigenvalue weighted by atomic mass is 10.0. The first-order chi connectivity index (χ1) is 9.81. The lowest BCUT2D eigenvalue weighted by Crippen LogP contribution is -2.40. The van der Waals surface area contributed by atoms with Crippen molar-refractivity contribution in [3.63, 3.8) is 0 Å². The number of fused-ring (bicyclic) bond motifs is 5. The van der Waals surface area contributed by atoms with Gasteiger partial charge >= 0.3 is 0 Å². The van der Waals surface area contributed by atoms with E-state index in [2.05, 4.69) is 0 Å². The molecule has 1 aliphatic carbocycles. The molecule has 1 aliphatic rings. The van der Waals surface area contributed by atoms with E-state index >= 15 is 0 Å². The number of ketones is 1. The third-order valence-electron chi connectivity index (χ3n) is 3.90. The number of nitrogens with zero attached hydrogens (tertiary/aromatic N) is 1. The van der Waals surface area contributed by atoms with E-state index in [4.69, 9.17) is 5.73 Å². The number of benzene rings is 2. The average Bonchev–Trinajstić information content (AvgIpc) is 2.81. The van der Waals surface area contributed by atoms with Crippen LogP contribution in [0.4, 0.5) is 0 Å². The number of carbonyl (C=O) groups is 1. The summed E-state index contributed by atoms with van der Waals surface area (Å²) in [4.78, 5) is 12.7. The van der Waals surface area contributed by atoms with Gasteiger partial charge in [0.15, 0.2) is 12.9 Å². The van der Waals surface area contributed by atoms with E-state index in [1.54, 1.807) is 0 Å². The smallest absolute Gasteiger partial charge is 0.226 e. The molecule has 0 bridgehead atoms. The number of pyridine rings is 1. The summed E-state index contributed by atoms with van der Waals surface area (Å²) in [5.74, 6) is 0.0922. The van der Waals surface area contributed by atoms with Crippen molar-refractivity contribution in [1.29, 1.82) is 0 Å². The normalized spacial score (nSPS) is 12.6. The van der Waals surface area contributed by atoms with Crippen molar-refractivity contribution in [3.05, 3.63) is 65.9 Å². The highest BCUT2D eigenvalue weighted by atomic mass is 16.1. The van der Waals surface area contributed by atoms with E-state index in [0.717, 1.165) is 33.2 Å². The first-order valence-corrected chi connectivity index (χ1v) is 6.60. The number of aromatic nitrogens is 1. The summed E-state index contributed by atoms with van der Waals surface area (Å²) in [6.45, 7) is 0.356. The van der Waals surface area contributed by atoms with Gasteiger partial charge in [0, 0.05) is 16.3 Å². The van der Waals surface area contributed by atoms with E-state index in [9.17, 15) is 4.79 Å². The summed E-state index contributed by atoms with van der Waals surface area (Å²) < 4.78 is 1.96. The lowest BCUT2D eigenvalue weighted by Gasteiger charge is -2.04. The van der Waals surface area contributed by atoms with Crippen molar-refractivity contribution in [2.24, 2.45) is 5.73 Å². The van der Waals surface area contributed by atoms with Crippen LogP contribution >= 0.6 is 0 Å². The van der Waals surface area contributed by atoms with Crippen LogP contribution in [0.3, 0.4) is 0 Å². The van der Waals surface area contributed by atoms with E-state index < -0.39 is 0 Å². The van der Waals surface area contributed by atoms with Crippen LogP contribution in [0, 0.1) is 0 Å². The Morgan fingerprint density at radius 3 is 2.45 bits per heavy atom. The van der Waals surface area contributed by atoms with Gasteiger partial charge in [-0.1, -0.05) is 36.4 Å². The fourth-order valence-corrected chi connectivity index (χ4v) is 3.03. The second kappa shape index (κ2) is 3.99. The van der Waals surface area contributed by atoms with Crippen LogP contribution in [0.5, 0.6) is 0 Å². The van der Waals surface area contributed by atoms with Gasteiger partial charge in [0.2, 0.25) is 11.5 Å². The number of carbonyl (C=O) groups excluding carboxylic acids is 1. The maximum atomic E-state index is 12.7. The molecule has 0 amide bonds. The first-order valence-electron chi connectivity index (χ1n) is 6.60. The molecule has 96 valence electrons. The predicted molar refractivity (Wildman–Crippen MR) is 77.2 cm³/mol. The molecule has 0 saturated heterocycles. The molecule has 3 nitrogen and oxygen atoms in total. The SMILES string of the molecule is NC[n+]1cc2ccccc2c2c1-c1ccccc1C2=O. The standard InChI is InChI=1S/C17H13N2O/c18-10-19-9-11-5-1-2-6-12(11)15-16(19)13-7-3-4-8-14(13)17(15)20/h1-9H,10,18H2/q+1. The van der Waals surface area contributed by atoms with E-state index in [-0.39, 0.29) is 5.78 Å². The Morgan fingerprint density at radius 2 is 1.65 bits per heavy atom. The predicted octanol–water partition coefficient (Wildman–Crippen LogP) is 2.25. The summed E-state index contributed by atoms with van der Waals surface area (Å²) in [5.41, 5.74) is 9.32. The summed E-state index contributed by atoms with van der Waals surface area (Å²) in [6, 6.07) is 15.7. The minimum atomic E-state index is 0.0922. The van der Waals surface area contributed by atoms with E-state index in [1.165, 1.54) is 0 Å². The van der Waals surface area contributed by atoms with Gasteiger partial charge in [-0.3, -0.25) is 10.5 Å². The minimum absolute atomic E-state index is 0.0922. The average molecular weight is 261 g/mol. The maximum Gasteiger partial charge on any atom is 0.226 e. The van der Waals surface area contributed by atoms with Gasteiger partial charge in [-0.15, -0.1) is 0 Å². The van der Waals surface area contributed by atoms with Crippen LogP contribution in [0.2, 0.25) is 0 Å². The Balaban J connectivity index is 2.22. The Bertz CT molecular complexity index is 868. The van der Waals surface area contributed by atoms with E-state index in [1.807, 2.05) is 59.3 Å². The van der Waals surface area contributed by atoms with Gasteiger partial charge in [-0.25, -0.2) is 0 Å². The molecule has 0 radical (unpaired) electrons. The largest absolute Gasteiger partial charge is 0.288 e. The first kappa shape index (κ1) is 11.3. The molecule has 1 heterocycles. The zero-order chi connectivity index (χ0) is 13.7. The summed E-state index contributed by atoms with van der Waals surface area (Å²) >= 11 is 0.